The van der Waals surface area contributed by atoms with Crippen LogP contribution in [0.1, 0.15) is 12.5 Å². The lowest BCUT2D eigenvalue weighted by molar-refractivity contribution is -0.137. The molecule has 1 atom stereocenters. The number of ether oxygens (including phenoxy) is 1. The summed E-state index contributed by atoms with van der Waals surface area (Å²) >= 11 is 5.68. The maximum atomic E-state index is 13.2. The Balaban J connectivity index is 1.57. The number of amides is 3. The fourth-order valence-corrected chi connectivity index (χ4v) is 3.69. The van der Waals surface area contributed by atoms with Crippen LogP contribution in [0, 0.1) is 0 Å². The Hall–Kier alpha value is -2.04. The Bertz CT molecular complexity index is 779. The molecule has 2 aliphatic heterocycles. The predicted molar refractivity (Wildman–Crippen MR) is 105 cm³/mol. The van der Waals surface area contributed by atoms with Crippen LogP contribution in [0.4, 0.5) is 23.7 Å². The highest BCUT2D eigenvalue weighted by Crippen LogP contribution is 2.36. The maximum absolute atomic E-state index is 13.2. The number of piperazine rings is 1. The van der Waals surface area contributed by atoms with E-state index in [0.717, 1.165) is 12.1 Å². The summed E-state index contributed by atoms with van der Waals surface area (Å²) in [6.45, 7) is 5.60. The molecule has 2 fully saturated rings. The number of morpholine rings is 1. The van der Waals surface area contributed by atoms with Crippen LogP contribution in [0.25, 0.3) is 0 Å². The van der Waals surface area contributed by atoms with Crippen molar-refractivity contribution in [3.05, 3.63) is 28.8 Å². The van der Waals surface area contributed by atoms with E-state index in [1.165, 1.54) is 6.07 Å². The van der Waals surface area contributed by atoms with Gasteiger partial charge in [-0.15, -0.1) is 0 Å². The highest BCUT2D eigenvalue weighted by atomic mass is 35.5. The van der Waals surface area contributed by atoms with Gasteiger partial charge in [-0.05, 0) is 25.1 Å². The Morgan fingerprint density at radius 3 is 2.27 bits per heavy atom. The molecule has 3 amide bonds. The summed E-state index contributed by atoms with van der Waals surface area (Å²) in [5.74, 6) is -0.546. The van der Waals surface area contributed by atoms with E-state index in [4.69, 9.17) is 16.3 Å². The summed E-state index contributed by atoms with van der Waals surface area (Å²) in [5, 5.41) is 2.30. The molecular weight excluding hydrogens is 425 g/mol. The summed E-state index contributed by atoms with van der Waals surface area (Å²) in [4.78, 5) is 30.5. The molecule has 0 aliphatic carbocycles. The van der Waals surface area contributed by atoms with Crippen molar-refractivity contribution in [2.45, 2.75) is 19.1 Å². The van der Waals surface area contributed by atoms with Gasteiger partial charge in [-0.3, -0.25) is 9.69 Å². The third-order valence-electron chi connectivity index (χ3n) is 5.34. The van der Waals surface area contributed by atoms with E-state index in [1.807, 2.05) is 4.90 Å². The lowest BCUT2D eigenvalue weighted by Crippen LogP contribution is -2.57. The van der Waals surface area contributed by atoms with E-state index in [9.17, 15) is 22.8 Å². The van der Waals surface area contributed by atoms with Crippen LogP contribution in [0.5, 0.6) is 0 Å². The zero-order valence-electron chi connectivity index (χ0n) is 16.5. The van der Waals surface area contributed by atoms with Crippen molar-refractivity contribution in [3.8, 4) is 0 Å². The van der Waals surface area contributed by atoms with E-state index in [0.29, 0.717) is 52.5 Å². The highest BCUT2D eigenvalue weighted by Gasteiger charge is 2.35. The Labute approximate surface area is 177 Å². The summed E-state index contributed by atoms with van der Waals surface area (Å²) in [6, 6.07) is 2.54. The third-order valence-corrected chi connectivity index (χ3v) is 5.57. The van der Waals surface area contributed by atoms with Gasteiger partial charge in [-0.25, -0.2) is 4.79 Å². The van der Waals surface area contributed by atoms with Gasteiger partial charge in [0.1, 0.15) is 0 Å². The Morgan fingerprint density at radius 1 is 1.07 bits per heavy atom. The Kier molecular flexibility index (Phi) is 7.10. The van der Waals surface area contributed by atoms with Gasteiger partial charge >= 0.3 is 12.2 Å². The molecule has 0 saturated carbocycles. The second-order valence-corrected chi connectivity index (χ2v) is 7.69. The largest absolute Gasteiger partial charge is 0.418 e. The third kappa shape index (κ3) is 5.35. The quantitative estimate of drug-likeness (QED) is 0.772. The summed E-state index contributed by atoms with van der Waals surface area (Å²) < 4.78 is 45.0. The molecule has 1 aromatic carbocycles. The average Bonchev–Trinajstić information content (AvgIpc) is 2.74. The zero-order chi connectivity index (χ0) is 21.9. The zero-order valence-corrected chi connectivity index (χ0v) is 17.3. The van der Waals surface area contributed by atoms with Crippen LogP contribution < -0.4 is 5.32 Å². The van der Waals surface area contributed by atoms with Crippen LogP contribution in [0.15, 0.2) is 18.2 Å². The second kappa shape index (κ2) is 9.40. The second-order valence-electron chi connectivity index (χ2n) is 7.26. The first-order valence-corrected chi connectivity index (χ1v) is 10.1. The van der Waals surface area contributed by atoms with Crippen molar-refractivity contribution in [3.63, 3.8) is 0 Å². The molecule has 166 valence electrons. The number of urea groups is 1. The minimum atomic E-state index is -4.64. The lowest BCUT2D eigenvalue weighted by Gasteiger charge is -2.40. The molecule has 2 saturated heterocycles. The molecule has 0 aromatic heterocycles. The molecule has 0 radical (unpaired) electrons. The van der Waals surface area contributed by atoms with E-state index < -0.39 is 23.7 Å². The fourth-order valence-electron chi connectivity index (χ4n) is 3.52. The average molecular weight is 449 g/mol. The van der Waals surface area contributed by atoms with Crippen LogP contribution >= 0.6 is 11.6 Å². The molecule has 3 rings (SSSR count). The molecule has 1 N–H and O–H groups in total. The first kappa shape index (κ1) is 22.6. The van der Waals surface area contributed by atoms with Crippen molar-refractivity contribution in [1.29, 1.82) is 0 Å². The molecular formula is C19H24ClF3N4O3. The number of carbonyl (C=O) groups excluding carboxylic acids is 2. The number of alkyl halides is 3. The molecule has 0 bridgehead atoms. The monoisotopic (exact) mass is 448 g/mol. The smallest absolute Gasteiger partial charge is 0.378 e. The van der Waals surface area contributed by atoms with Crippen LogP contribution in [-0.4, -0.2) is 85.2 Å². The lowest BCUT2D eigenvalue weighted by atomic mass is 10.1. The number of hydrogen-bond donors (Lipinski definition) is 1. The summed E-state index contributed by atoms with van der Waals surface area (Å²) in [6.07, 6.45) is -4.64. The minimum Gasteiger partial charge on any atom is -0.378 e. The van der Waals surface area contributed by atoms with Gasteiger partial charge in [-0.2, -0.15) is 13.2 Å². The van der Waals surface area contributed by atoms with Crippen molar-refractivity contribution >= 4 is 29.2 Å². The van der Waals surface area contributed by atoms with Crippen molar-refractivity contribution in [2.75, 3.05) is 57.8 Å². The van der Waals surface area contributed by atoms with Gasteiger partial charge in [0.2, 0.25) is 5.91 Å². The number of halogens is 4. The van der Waals surface area contributed by atoms with E-state index >= 15 is 0 Å². The molecule has 0 spiro atoms. The highest BCUT2D eigenvalue weighted by molar-refractivity contribution is 6.30. The van der Waals surface area contributed by atoms with Gasteiger partial charge in [0.15, 0.2) is 0 Å². The minimum absolute atomic E-state index is 0.0500. The molecule has 1 unspecified atom stereocenters. The summed E-state index contributed by atoms with van der Waals surface area (Å²) in [5.41, 5.74) is -1.32. The number of hydrogen-bond acceptors (Lipinski definition) is 4. The van der Waals surface area contributed by atoms with Crippen LogP contribution in [0.2, 0.25) is 5.02 Å². The first-order valence-electron chi connectivity index (χ1n) is 9.70. The standard InChI is InChI=1S/C19H24ClF3N4O3/c1-13(17(28)24-16-3-2-14(20)12-15(16)19(21,22)23)25-4-6-26(7-5-25)18(29)27-8-10-30-11-9-27/h2-3,12-13H,4-11H2,1H3,(H,24,28). The van der Waals surface area contributed by atoms with Crippen molar-refractivity contribution in [1.82, 2.24) is 14.7 Å². The van der Waals surface area contributed by atoms with Crippen LogP contribution in [0.3, 0.4) is 0 Å². The van der Waals surface area contributed by atoms with Gasteiger partial charge in [0.25, 0.3) is 0 Å². The number of carbonyl (C=O) groups is 2. The molecule has 1 aromatic rings. The molecule has 30 heavy (non-hydrogen) atoms. The molecule has 11 heteroatoms. The van der Waals surface area contributed by atoms with Gasteiger partial charge in [-0.1, -0.05) is 11.6 Å². The molecule has 7 nitrogen and oxygen atoms in total. The number of anilines is 1. The molecule has 2 heterocycles. The fraction of sp³-hybridized carbons (Fsp3) is 0.579. The number of benzene rings is 1. The normalized spacial score (nSPS) is 19.5. The topological polar surface area (TPSA) is 65.1 Å². The van der Waals surface area contributed by atoms with Crippen molar-refractivity contribution in [2.24, 2.45) is 0 Å². The van der Waals surface area contributed by atoms with Gasteiger partial charge < -0.3 is 19.9 Å². The molecule has 2 aliphatic rings. The van der Waals surface area contributed by atoms with E-state index in [2.05, 4.69) is 5.32 Å². The number of nitrogens with zero attached hydrogens (tertiary/aromatic N) is 3. The maximum Gasteiger partial charge on any atom is 0.418 e. The van der Waals surface area contributed by atoms with E-state index in [1.54, 1.807) is 16.7 Å². The van der Waals surface area contributed by atoms with Gasteiger partial charge in [0.05, 0.1) is 30.5 Å². The first-order chi connectivity index (χ1) is 14.2. The SMILES string of the molecule is CC(C(=O)Nc1ccc(Cl)cc1C(F)(F)F)N1CCN(C(=O)N2CCOCC2)CC1. The summed E-state index contributed by atoms with van der Waals surface area (Å²) in [7, 11) is 0. The Morgan fingerprint density at radius 2 is 1.67 bits per heavy atom. The van der Waals surface area contributed by atoms with Crippen LogP contribution in [-0.2, 0) is 15.7 Å². The van der Waals surface area contributed by atoms with Crippen molar-refractivity contribution < 1.29 is 27.5 Å². The van der Waals surface area contributed by atoms with Gasteiger partial charge in [0, 0.05) is 44.3 Å². The number of nitrogens with one attached hydrogen (secondary N) is 1. The number of rotatable bonds is 3. The predicted octanol–water partition coefficient (Wildman–Crippen LogP) is 2.76. The van der Waals surface area contributed by atoms with E-state index in [-0.39, 0.29) is 16.7 Å².